The number of rotatable bonds is 2. The molecule has 4 nitrogen and oxygen atoms in total. The van der Waals surface area contributed by atoms with E-state index in [2.05, 4.69) is 10.1 Å². The summed E-state index contributed by atoms with van der Waals surface area (Å²) >= 11 is 0. The molecule has 0 amide bonds. The average Bonchev–Trinajstić information content (AvgIpc) is 2.70. The van der Waals surface area contributed by atoms with Crippen molar-refractivity contribution in [3.05, 3.63) is 35.8 Å². The molecule has 0 saturated heterocycles. The number of hydrogen-bond acceptors (Lipinski definition) is 3. The van der Waals surface area contributed by atoms with Gasteiger partial charge in [-0.1, -0.05) is 0 Å². The molecule has 0 aliphatic rings. The van der Waals surface area contributed by atoms with Crippen molar-refractivity contribution in [3.8, 4) is 5.82 Å². The van der Waals surface area contributed by atoms with Crippen molar-refractivity contribution in [2.45, 2.75) is 12.6 Å². The lowest BCUT2D eigenvalue weighted by molar-refractivity contribution is -0.137. The number of pyridine rings is 1. The molecule has 0 saturated carbocycles. The van der Waals surface area contributed by atoms with Crippen molar-refractivity contribution in [1.82, 2.24) is 14.8 Å². The molecule has 0 spiro atoms. The van der Waals surface area contributed by atoms with Crippen molar-refractivity contribution < 1.29 is 22.0 Å². The Kier molecular flexibility index (Phi) is 3.13. The zero-order valence-electron chi connectivity index (χ0n) is 9.20. The molecular weight excluding hydrogens is 271 g/mol. The van der Waals surface area contributed by atoms with Gasteiger partial charge in [0, 0.05) is 6.20 Å². The van der Waals surface area contributed by atoms with Gasteiger partial charge in [0.1, 0.15) is 5.69 Å². The number of alkyl halides is 5. The van der Waals surface area contributed by atoms with E-state index in [0.29, 0.717) is 10.9 Å². The summed E-state index contributed by atoms with van der Waals surface area (Å²) in [5.41, 5.74) is 3.47. The largest absolute Gasteiger partial charge is 0.417 e. The van der Waals surface area contributed by atoms with E-state index in [1.165, 1.54) is 0 Å². The van der Waals surface area contributed by atoms with Crippen LogP contribution in [-0.2, 0) is 6.18 Å². The Hall–Kier alpha value is -2.19. The molecule has 0 fully saturated rings. The van der Waals surface area contributed by atoms with Crippen molar-refractivity contribution in [2.75, 3.05) is 5.73 Å². The van der Waals surface area contributed by atoms with E-state index in [0.717, 1.165) is 18.3 Å². The zero-order valence-corrected chi connectivity index (χ0v) is 9.20. The van der Waals surface area contributed by atoms with Crippen LogP contribution in [0.1, 0.15) is 17.7 Å². The normalized spacial score (nSPS) is 12.1. The summed E-state index contributed by atoms with van der Waals surface area (Å²) in [6.45, 7) is 0. The highest BCUT2D eigenvalue weighted by Gasteiger charge is 2.31. The van der Waals surface area contributed by atoms with Crippen LogP contribution in [0.4, 0.5) is 27.6 Å². The number of nitrogens with zero attached hydrogens (tertiary/aromatic N) is 3. The molecule has 102 valence electrons. The Balaban J connectivity index is 2.44. The van der Waals surface area contributed by atoms with Crippen molar-refractivity contribution in [1.29, 1.82) is 0 Å². The van der Waals surface area contributed by atoms with Crippen LogP contribution in [-0.4, -0.2) is 14.8 Å². The predicted octanol–water partition coefficient (Wildman–Crippen LogP) is 2.81. The van der Waals surface area contributed by atoms with Gasteiger partial charge in [-0.15, -0.1) is 0 Å². The van der Waals surface area contributed by atoms with Crippen LogP contribution in [0, 0.1) is 0 Å². The minimum atomic E-state index is -4.54. The van der Waals surface area contributed by atoms with Crippen LogP contribution in [0.5, 0.6) is 0 Å². The summed E-state index contributed by atoms with van der Waals surface area (Å²) < 4.78 is 63.2. The van der Waals surface area contributed by atoms with Crippen LogP contribution in [0.3, 0.4) is 0 Å². The Labute approximate surface area is 103 Å². The third-order valence-electron chi connectivity index (χ3n) is 2.34. The maximum atomic E-state index is 12.7. The number of anilines is 1. The standard InChI is InChI=1S/C10H7F5N4/c11-9(12)8-6(16)4-18-19(8)7-2-1-5(3-17-7)10(13,14)15/h1-4,9H,16H2. The summed E-state index contributed by atoms with van der Waals surface area (Å²) in [6, 6.07) is 1.68. The van der Waals surface area contributed by atoms with Crippen LogP contribution in [0.25, 0.3) is 5.82 Å². The fourth-order valence-corrected chi connectivity index (χ4v) is 1.45. The summed E-state index contributed by atoms with van der Waals surface area (Å²) in [7, 11) is 0. The van der Waals surface area contributed by atoms with E-state index < -0.39 is 23.9 Å². The SMILES string of the molecule is Nc1cnn(-c2ccc(C(F)(F)F)cn2)c1C(F)F. The van der Waals surface area contributed by atoms with Gasteiger partial charge < -0.3 is 5.73 Å². The molecule has 0 radical (unpaired) electrons. The van der Waals surface area contributed by atoms with Crippen molar-refractivity contribution in [3.63, 3.8) is 0 Å². The highest BCUT2D eigenvalue weighted by atomic mass is 19.4. The Bertz CT molecular complexity index is 573. The summed E-state index contributed by atoms with van der Waals surface area (Å²) in [5, 5.41) is 3.57. The van der Waals surface area contributed by atoms with Crippen molar-refractivity contribution in [2.24, 2.45) is 0 Å². The Morgan fingerprint density at radius 2 is 1.84 bits per heavy atom. The third kappa shape index (κ3) is 2.49. The first-order chi connectivity index (χ1) is 8.80. The second-order valence-corrected chi connectivity index (χ2v) is 3.60. The molecule has 9 heteroatoms. The fraction of sp³-hybridized carbons (Fsp3) is 0.200. The van der Waals surface area contributed by atoms with Gasteiger partial charge in [0.15, 0.2) is 5.82 Å². The molecule has 0 atom stereocenters. The molecule has 0 aromatic carbocycles. The molecule has 2 aromatic rings. The monoisotopic (exact) mass is 278 g/mol. The maximum absolute atomic E-state index is 12.7. The van der Waals surface area contributed by atoms with Crippen LogP contribution in [0.2, 0.25) is 0 Å². The first-order valence-electron chi connectivity index (χ1n) is 4.96. The molecule has 2 N–H and O–H groups in total. The molecule has 0 bridgehead atoms. The molecule has 0 aliphatic heterocycles. The van der Waals surface area contributed by atoms with E-state index in [9.17, 15) is 22.0 Å². The first kappa shape index (κ1) is 13.2. The maximum Gasteiger partial charge on any atom is 0.417 e. The van der Waals surface area contributed by atoms with E-state index >= 15 is 0 Å². The van der Waals surface area contributed by atoms with Gasteiger partial charge in [0.2, 0.25) is 0 Å². The average molecular weight is 278 g/mol. The van der Waals surface area contributed by atoms with Gasteiger partial charge in [0.05, 0.1) is 17.4 Å². The van der Waals surface area contributed by atoms with Gasteiger partial charge in [-0.05, 0) is 12.1 Å². The minimum Gasteiger partial charge on any atom is -0.396 e. The smallest absolute Gasteiger partial charge is 0.396 e. The minimum absolute atomic E-state index is 0.167. The van der Waals surface area contributed by atoms with E-state index in [4.69, 9.17) is 5.73 Å². The molecule has 0 aliphatic carbocycles. The topological polar surface area (TPSA) is 56.7 Å². The summed E-state index contributed by atoms with van der Waals surface area (Å²) in [4.78, 5) is 3.46. The van der Waals surface area contributed by atoms with Gasteiger partial charge >= 0.3 is 6.18 Å². The molecule has 2 heterocycles. The molecular formula is C10H7F5N4. The second kappa shape index (κ2) is 4.48. The van der Waals surface area contributed by atoms with Crippen LogP contribution < -0.4 is 5.73 Å². The lowest BCUT2D eigenvalue weighted by atomic mass is 10.3. The first-order valence-corrected chi connectivity index (χ1v) is 4.96. The van der Waals surface area contributed by atoms with E-state index in [1.807, 2.05) is 0 Å². The van der Waals surface area contributed by atoms with Gasteiger partial charge in [-0.3, -0.25) is 0 Å². The number of halogens is 5. The summed E-state index contributed by atoms with van der Waals surface area (Å²) in [6.07, 6.45) is -5.92. The number of nitrogen functional groups attached to an aromatic ring is 1. The van der Waals surface area contributed by atoms with Crippen LogP contribution >= 0.6 is 0 Å². The highest BCUT2D eigenvalue weighted by Crippen LogP contribution is 2.30. The number of nitrogens with two attached hydrogens (primary N) is 1. The molecule has 2 aromatic heterocycles. The van der Waals surface area contributed by atoms with Gasteiger partial charge in [-0.25, -0.2) is 18.4 Å². The quantitative estimate of drug-likeness (QED) is 0.859. The number of hydrogen-bond donors (Lipinski definition) is 1. The highest BCUT2D eigenvalue weighted by molar-refractivity contribution is 5.45. The second-order valence-electron chi connectivity index (χ2n) is 3.60. The zero-order chi connectivity index (χ0) is 14.2. The third-order valence-corrected chi connectivity index (χ3v) is 2.34. The molecule has 2 rings (SSSR count). The van der Waals surface area contributed by atoms with E-state index in [-0.39, 0.29) is 11.5 Å². The van der Waals surface area contributed by atoms with Gasteiger partial charge in [-0.2, -0.15) is 18.3 Å². The number of aromatic nitrogens is 3. The fourth-order valence-electron chi connectivity index (χ4n) is 1.45. The van der Waals surface area contributed by atoms with Crippen LogP contribution in [0.15, 0.2) is 24.5 Å². The molecule has 0 unspecified atom stereocenters. The lowest BCUT2D eigenvalue weighted by Gasteiger charge is -2.09. The Morgan fingerprint density at radius 1 is 1.16 bits per heavy atom. The van der Waals surface area contributed by atoms with E-state index in [1.54, 1.807) is 0 Å². The van der Waals surface area contributed by atoms with Gasteiger partial charge in [0.25, 0.3) is 6.43 Å². The molecule has 19 heavy (non-hydrogen) atoms. The van der Waals surface area contributed by atoms with Crippen molar-refractivity contribution >= 4 is 5.69 Å². The Morgan fingerprint density at radius 3 is 2.32 bits per heavy atom. The lowest BCUT2D eigenvalue weighted by Crippen LogP contribution is -2.09. The predicted molar refractivity (Wildman–Crippen MR) is 55.7 cm³/mol. The summed E-state index contributed by atoms with van der Waals surface area (Å²) in [5.74, 6) is -0.167.